The average Bonchev–Trinajstić information content (AvgIpc) is 2.96. The van der Waals surface area contributed by atoms with E-state index in [1.807, 2.05) is 12.1 Å². The van der Waals surface area contributed by atoms with Crippen LogP contribution < -0.4 is 10.1 Å². The molecular weight excluding hydrogens is 238 g/mol. The van der Waals surface area contributed by atoms with Gasteiger partial charge in [-0.1, -0.05) is 19.1 Å². The third-order valence-electron chi connectivity index (χ3n) is 4.58. The summed E-state index contributed by atoms with van der Waals surface area (Å²) in [7, 11) is 0. The number of ketones is 1. The lowest BCUT2D eigenvalue weighted by molar-refractivity contribution is 0.0805. The molecule has 0 amide bonds. The van der Waals surface area contributed by atoms with Crippen LogP contribution in [0.2, 0.25) is 0 Å². The average molecular weight is 259 g/mol. The Hall–Kier alpha value is -1.35. The van der Waals surface area contributed by atoms with Gasteiger partial charge in [0.1, 0.15) is 5.75 Å². The maximum Gasteiger partial charge on any atom is 0.174 e. The van der Waals surface area contributed by atoms with Gasteiger partial charge in [0.05, 0.1) is 12.2 Å². The summed E-state index contributed by atoms with van der Waals surface area (Å²) in [4.78, 5) is 13.0. The van der Waals surface area contributed by atoms with Gasteiger partial charge >= 0.3 is 0 Å². The zero-order valence-electron chi connectivity index (χ0n) is 11.5. The number of para-hydroxylation sites is 1. The molecule has 0 aliphatic carbocycles. The van der Waals surface area contributed by atoms with Gasteiger partial charge in [0.15, 0.2) is 5.78 Å². The Morgan fingerprint density at radius 3 is 3.11 bits per heavy atom. The van der Waals surface area contributed by atoms with Gasteiger partial charge in [0, 0.05) is 12.0 Å². The second-order valence-corrected chi connectivity index (χ2v) is 5.64. The summed E-state index contributed by atoms with van der Waals surface area (Å²) in [6, 6.07) is 6.01. The molecule has 1 N–H and O–H groups in total. The van der Waals surface area contributed by atoms with Gasteiger partial charge in [0.2, 0.25) is 0 Å². The first-order chi connectivity index (χ1) is 9.27. The van der Waals surface area contributed by atoms with Gasteiger partial charge in [-0.25, -0.2) is 0 Å². The molecule has 0 aromatic heterocycles. The van der Waals surface area contributed by atoms with Crippen LogP contribution in [0.5, 0.6) is 5.75 Å². The minimum atomic E-state index is -0.226. The van der Waals surface area contributed by atoms with Crippen LogP contribution in [0.3, 0.4) is 0 Å². The van der Waals surface area contributed by atoms with E-state index in [4.69, 9.17) is 4.74 Å². The Morgan fingerprint density at radius 1 is 1.47 bits per heavy atom. The van der Waals surface area contributed by atoms with E-state index in [-0.39, 0.29) is 11.2 Å². The zero-order valence-corrected chi connectivity index (χ0v) is 11.5. The van der Waals surface area contributed by atoms with Crippen molar-refractivity contribution in [2.24, 2.45) is 5.41 Å². The van der Waals surface area contributed by atoms with E-state index < -0.39 is 0 Å². The predicted molar refractivity (Wildman–Crippen MR) is 74.8 cm³/mol. The topological polar surface area (TPSA) is 38.3 Å². The van der Waals surface area contributed by atoms with Gasteiger partial charge in [-0.3, -0.25) is 4.79 Å². The van der Waals surface area contributed by atoms with E-state index in [0.29, 0.717) is 0 Å². The van der Waals surface area contributed by atoms with Crippen molar-refractivity contribution in [1.29, 1.82) is 0 Å². The molecule has 0 spiro atoms. The van der Waals surface area contributed by atoms with Crippen molar-refractivity contribution in [3.05, 3.63) is 29.3 Å². The van der Waals surface area contributed by atoms with Gasteiger partial charge in [-0.15, -0.1) is 0 Å². The van der Waals surface area contributed by atoms with E-state index >= 15 is 0 Å². The van der Waals surface area contributed by atoms with Crippen molar-refractivity contribution in [2.75, 3.05) is 19.7 Å². The summed E-state index contributed by atoms with van der Waals surface area (Å²) in [6.07, 6.45) is 3.90. The van der Waals surface area contributed by atoms with Crippen molar-refractivity contribution in [1.82, 2.24) is 5.32 Å². The second-order valence-electron chi connectivity index (χ2n) is 5.64. The molecule has 1 atom stereocenters. The van der Waals surface area contributed by atoms with Crippen LogP contribution in [0.4, 0.5) is 0 Å². The van der Waals surface area contributed by atoms with E-state index in [0.717, 1.165) is 56.7 Å². The number of ether oxygens (including phenoxy) is 1. The molecule has 0 bridgehead atoms. The largest absolute Gasteiger partial charge is 0.493 e. The fourth-order valence-corrected chi connectivity index (χ4v) is 3.25. The highest BCUT2D eigenvalue weighted by atomic mass is 16.5. The van der Waals surface area contributed by atoms with Crippen molar-refractivity contribution in [3.63, 3.8) is 0 Å². The third kappa shape index (κ3) is 2.06. The molecule has 2 aliphatic heterocycles. The highest BCUT2D eigenvalue weighted by Crippen LogP contribution is 2.38. The minimum Gasteiger partial charge on any atom is -0.493 e. The number of benzene rings is 1. The molecule has 2 aliphatic rings. The third-order valence-corrected chi connectivity index (χ3v) is 4.58. The summed E-state index contributed by atoms with van der Waals surface area (Å²) in [5.41, 5.74) is 1.76. The van der Waals surface area contributed by atoms with Crippen molar-refractivity contribution in [3.8, 4) is 5.75 Å². The Kier molecular flexibility index (Phi) is 3.31. The van der Waals surface area contributed by atoms with Crippen LogP contribution in [0.15, 0.2) is 18.2 Å². The molecule has 1 aromatic rings. The summed E-state index contributed by atoms with van der Waals surface area (Å²) in [6.45, 7) is 4.58. The lowest BCUT2D eigenvalue weighted by Gasteiger charge is -2.27. The smallest absolute Gasteiger partial charge is 0.174 e. The first-order valence-corrected chi connectivity index (χ1v) is 7.27. The lowest BCUT2D eigenvalue weighted by atomic mass is 9.76. The first kappa shape index (κ1) is 12.7. The fraction of sp³-hybridized carbons (Fsp3) is 0.562. The number of fused-ring (bicyclic) bond motifs is 1. The fourth-order valence-electron chi connectivity index (χ4n) is 3.25. The van der Waals surface area contributed by atoms with Gasteiger partial charge in [-0.2, -0.15) is 0 Å². The Balaban J connectivity index is 2.00. The van der Waals surface area contributed by atoms with E-state index in [1.54, 1.807) is 0 Å². The number of carbonyl (C=O) groups excluding carboxylic acids is 1. The summed E-state index contributed by atoms with van der Waals surface area (Å²) in [5.74, 6) is 1.11. The summed E-state index contributed by atoms with van der Waals surface area (Å²) >= 11 is 0. The van der Waals surface area contributed by atoms with Gasteiger partial charge in [-0.05, 0) is 43.9 Å². The zero-order chi connectivity index (χ0) is 13.3. The predicted octanol–water partition coefficient (Wildman–Crippen LogP) is 2.58. The molecular formula is C16H21NO2. The Morgan fingerprint density at radius 2 is 2.37 bits per heavy atom. The monoisotopic (exact) mass is 259 g/mol. The summed E-state index contributed by atoms with van der Waals surface area (Å²) < 4.78 is 5.78. The second kappa shape index (κ2) is 4.97. The minimum absolute atomic E-state index is 0.226. The molecule has 102 valence electrons. The normalized spacial score (nSPS) is 25.7. The highest BCUT2D eigenvalue weighted by Gasteiger charge is 2.41. The quantitative estimate of drug-likeness (QED) is 0.848. The Bertz CT molecular complexity index is 490. The van der Waals surface area contributed by atoms with Crippen molar-refractivity contribution in [2.45, 2.75) is 32.6 Å². The molecule has 1 saturated heterocycles. The molecule has 1 unspecified atom stereocenters. The number of rotatable bonds is 3. The van der Waals surface area contributed by atoms with Crippen molar-refractivity contribution >= 4 is 5.78 Å². The SMILES string of the molecule is CCC1(C(=O)c2cccc3c2OCCC3)CCNC1. The number of nitrogens with one attached hydrogen (secondary N) is 1. The molecule has 2 heterocycles. The van der Waals surface area contributed by atoms with Crippen LogP contribution in [0, 0.1) is 5.41 Å². The number of hydrogen-bond donors (Lipinski definition) is 1. The number of aryl methyl sites for hydroxylation is 1. The van der Waals surface area contributed by atoms with Crippen LogP contribution in [0.1, 0.15) is 42.1 Å². The molecule has 3 heteroatoms. The van der Waals surface area contributed by atoms with Gasteiger partial charge in [0.25, 0.3) is 0 Å². The Labute approximate surface area is 114 Å². The number of hydrogen-bond acceptors (Lipinski definition) is 3. The standard InChI is InChI=1S/C16H21NO2/c1-2-16(8-9-17-11-16)15(18)13-7-3-5-12-6-4-10-19-14(12)13/h3,5,7,17H,2,4,6,8-11H2,1H3. The maximum atomic E-state index is 13.0. The van der Waals surface area contributed by atoms with Gasteiger partial charge < -0.3 is 10.1 Å². The summed E-state index contributed by atoms with van der Waals surface area (Å²) in [5, 5.41) is 3.33. The van der Waals surface area contributed by atoms with Crippen LogP contribution in [0.25, 0.3) is 0 Å². The van der Waals surface area contributed by atoms with E-state index in [2.05, 4.69) is 18.3 Å². The van der Waals surface area contributed by atoms with E-state index in [9.17, 15) is 4.79 Å². The van der Waals surface area contributed by atoms with Crippen LogP contribution in [-0.2, 0) is 6.42 Å². The number of carbonyl (C=O) groups is 1. The molecule has 1 aromatic carbocycles. The molecule has 0 saturated carbocycles. The highest BCUT2D eigenvalue weighted by molar-refractivity contribution is 6.03. The molecule has 19 heavy (non-hydrogen) atoms. The van der Waals surface area contributed by atoms with Crippen LogP contribution in [-0.4, -0.2) is 25.5 Å². The molecule has 3 nitrogen and oxygen atoms in total. The van der Waals surface area contributed by atoms with Crippen molar-refractivity contribution < 1.29 is 9.53 Å². The lowest BCUT2D eigenvalue weighted by Crippen LogP contribution is -2.33. The molecule has 1 fully saturated rings. The van der Waals surface area contributed by atoms with E-state index in [1.165, 1.54) is 5.56 Å². The molecule has 0 radical (unpaired) electrons. The number of Topliss-reactive ketones (excluding diaryl/α,β-unsaturated/α-hetero) is 1. The maximum absolute atomic E-state index is 13.0. The first-order valence-electron chi connectivity index (χ1n) is 7.27. The van der Waals surface area contributed by atoms with Crippen LogP contribution >= 0.6 is 0 Å². The molecule has 3 rings (SSSR count).